The maximum absolute atomic E-state index is 14.2. The Morgan fingerprint density at radius 1 is 1.11 bits per heavy atom. The van der Waals surface area contributed by atoms with E-state index in [0.29, 0.717) is 37.7 Å². The molecule has 3 aromatic rings. The molecule has 0 unspecified atom stereocenters. The summed E-state index contributed by atoms with van der Waals surface area (Å²) in [5, 5.41) is 7.25. The lowest BCUT2D eigenvalue weighted by Gasteiger charge is -2.27. The van der Waals surface area contributed by atoms with Crippen molar-refractivity contribution < 1.29 is 22.3 Å². The molecular weight excluding hydrogens is 476 g/mol. The van der Waals surface area contributed by atoms with Gasteiger partial charge in [0.15, 0.2) is 11.6 Å². The Balaban J connectivity index is 1.47. The second kappa shape index (κ2) is 11.3. The number of benzene rings is 2. The minimum Gasteiger partial charge on any atom is -0.378 e. The Morgan fingerprint density at radius 3 is 2.64 bits per heavy atom. The maximum atomic E-state index is 14.2. The monoisotopic (exact) mass is 502 g/mol. The van der Waals surface area contributed by atoms with Gasteiger partial charge in [-0.1, -0.05) is 25.5 Å². The molecule has 1 fully saturated rings. The number of aryl methyl sites for hydroxylation is 1. The Morgan fingerprint density at radius 2 is 1.89 bits per heavy atom. The van der Waals surface area contributed by atoms with Gasteiger partial charge in [0.2, 0.25) is 5.95 Å². The number of aromatic nitrogens is 2. The number of halogens is 4. The molecule has 0 atom stereocenters. The van der Waals surface area contributed by atoms with Crippen molar-refractivity contribution in [3.05, 3.63) is 71.2 Å². The van der Waals surface area contributed by atoms with Crippen LogP contribution in [0, 0.1) is 5.82 Å². The van der Waals surface area contributed by atoms with Crippen molar-refractivity contribution in [1.29, 1.82) is 0 Å². The van der Waals surface area contributed by atoms with Gasteiger partial charge in [-0.15, -0.1) is 0 Å². The predicted molar refractivity (Wildman–Crippen MR) is 131 cm³/mol. The number of hydrogen-bond donors (Lipinski definition) is 2. The fourth-order valence-corrected chi connectivity index (χ4v) is 3.80. The van der Waals surface area contributed by atoms with E-state index in [1.807, 2.05) is 19.1 Å². The fourth-order valence-electron chi connectivity index (χ4n) is 3.80. The van der Waals surface area contributed by atoms with Gasteiger partial charge in [0.25, 0.3) is 0 Å². The molecule has 0 aliphatic carbocycles. The molecule has 190 valence electrons. The summed E-state index contributed by atoms with van der Waals surface area (Å²) in [7, 11) is 0. The Bertz CT molecular complexity index is 1210. The number of morpholine rings is 1. The second-order valence-corrected chi connectivity index (χ2v) is 8.20. The zero-order chi connectivity index (χ0) is 25.5. The predicted octanol–water partition coefficient (Wildman–Crippen LogP) is 5.61. The van der Waals surface area contributed by atoms with E-state index in [4.69, 9.17) is 4.74 Å². The first-order chi connectivity index (χ1) is 17.3. The van der Waals surface area contributed by atoms with Crippen LogP contribution in [0.2, 0.25) is 0 Å². The molecule has 2 N–H and O–H groups in total. The van der Waals surface area contributed by atoms with Crippen molar-refractivity contribution in [3.63, 3.8) is 0 Å². The lowest BCUT2D eigenvalue weighted by Crippen LogP contribution is -2.37. The number of nitrogens with one attached hydrogen (secondary N) is 2. The topological polar surface area (TPSA) is 74.7 Å². The number of nitrogens with zero attached hydrogens (tertiary/aromatic N) is 4. The first kappa shape index (κ1) is 25.4. The van der Waals surface area contributed by atoms with E-state index in [9.17, 15) is 17.6 Å². The fraction of sp³-hybridized carbons (Fsp3) is 0.320. The van der Waals surface area contributed by atoms with Gasteiger partial charge in [-0.2, -0.15) is 23.3 Å². The molecule has 0 amide bonds. The molecule has 1 aliphatic heterocycles. The highest BCUT2D eigenvalue weighted by molar-refractivity contribution is 5.83. The van der Waals surface area contributed by atoms with Crippen LogP contribution in [-0.2, 0) is 17.3 Å². The van der Waals surface area contributed by atoms with Gasteiger partial charge >= 0.3 is 6.18 Å². The summed E-state index contributed by atoms with van der Waals surface area (Å²) in [6.07, 6.45) is -0.0822. The molecule has 4 rings (SSSR count). The van der Waals surface area contributed by atoms with E-state index in [0.717, 1.165) is 42.3 Å². The van der Waals surface area contributed by atoms with Crippen molar-refractivity contribution in [2.45, 2.75) is 25.9 Å². The highest BCUT2D eigenvalue weighted by Gasteiger charge is 2.30. The third-order valence-electron chi connectivity index (χ3n) is 5.55. The van der Waals surface area contributed by atoms with E-state index < -0.39 is 17.6 Å². The van der Waals surface area contributed by atoms with E-state index >= 15 is 0 Å². The van der Waals surface area contributed by atoms with Crippen molar-refractivity contribution >= 4 is 29.4 Å². The smallest absolute Gasteiger partial charge is 0.378 e. The lowest BCUT2D eigenvalue weighted by molar-refractivity contribution is -0.137. The van der Waals surface area contributed by atoms with Gasteiger partial charge in [-0.25, -0.2) is 14.8 Å². The quantitative estimate of drug-likeness (QED) is 0.237. The van der Waals surface area contributed by atoms with Crippen molar-refractivity contribution in [3.8, 4) is 0 Å². The van der Waals surface area contributed by atoms with Gasteiger partial charge in [-0.3, -0.25) is 0 Å². The highest BCUT2D eigenvalue weighted by atomic mass is 19.4. The first-order valence-electron chi connectivity index (χ1n) is 11.5. The zero-order valence-electron chi connectivity index (χ0n) is 19.6. The molecule has 0 saturated carbocycles. The van der Waals surface area contributed by atoms with Gasteiger partial charge in [-0.05, 0) is 47.9 Å². The van der Waals surface area contributed by atoms with Crippen LogP contribution in [0.25, 0.3) is 0 Å². The Kier molecular flexibility index (Phi) is 7.99. The Labute approximate surface area is 206 Å². The summed E-state index contributed by atoms with van der Waals surface area (Å²) in [5.74, 6) is -0.155. The summed E-state index contributed by atoms with van der Waals surface area (Å²) in [4.78, 5) is 9.99. The number of rotatable bonds is 8. The van der Waals surface area contributed by atoms with Crippen molar-refractivity contribution in [2.24, 2.45) is 5.10 Å². The second-order valence-electron chi connectivity index (χ2n) is 8.20. The minimum absolute atomic E-state index is 0.161. The first-order valence-corrected chi connectivity index (χ1v) is 11.5. The number of alkyl halides is 3. The molecule has 0 radical (unpaired) electrons. The average molecular weight is 503 g/mol. The van der Waals surface area contributed by atoms with E-state index in [-0.39, 0.29) is 11.8 Å². The van der Waals surface area contributed by atoms with Crippen molar-refractivity contribution in [2.75, 3.05) is 41.9 Å². The number of anilines is 4. The number of hydrogen-bond acceptors (Lipinski definition) is 7. The molecule has 0 bridgehead atoms. The largest absolute Gasteiger partial charge is 0.416 e. The van der Waals surface area contributed by atoms with Crippen LogP contribution in [0.15, 0.2) is 53.8 Å². The molecule has 7 nitrogen and oxygen atoms in total. The lowest BCUT2D eigenvalue weighted by atomic mass is 10.0. The van der Waals surface area contributed by atoms with Crippen LogP contribution >= 0.6 is 0 Å². The van der Waals surface area contributed by atoms with Crippen LogP contribution in [0.3, 0.4) is 0 Å². The molecule has 36 heavy (non-hydrogen) atoms. The molecule has 1 saturated heterocycles. The summed E-state index contributed by atoms with van der Waals surface area (Å²) in [6.45, 7) is 4.12. The van der Waals surface area contributed by atoms with Crippen LogP contribution in [-0.4, -0.2) is 42.5 Å². The van der Waals surface area contributed by atoms with Crippen LogP contribution in [0.4, 0.5) is 40.7 Å². The summed E-state index contributed by atoms with van der Waals surface area (Å²) in [5.41, 5.74) is 4.84. The zero-order valence-corrected chi connectivity index (χ0v) is 19.6. The molecule has 2 heterocycles. The van der Waals surface area contributed by atoms with Crippen LogP contribution < -0.4 is 15.6 Å². The standard InChI is InChI=1S/C25H26F4N6O/c1-2-4-17-13-21(32-20-6-3-5-19(14-20)25(27,28)29)8-7-18(17)15-31-34-24-30-16-22(26)23(33-24)35-9-11-36-12-10-35/h3,5-8,13-16,32H,2,4,9-12H2,1H3,(H,30,33,34)/b31-15+. The average Bonchev–Trinajstić information content (AvgIpc) is 2.87. The normalized spacial score (nSPS) is 14.3. The van der Waals surface area contributed by atoms with Gasteiger partial charge in [0.1, 0.15) is 0 Å². The van der Waals surface area contributed by atoms with E-state index in [1.165, 1.54) is 6.07 Å². The third-order valence-corrected chi connectivity index (χ3v) is 5.55. The molecule has 11 heteroatoms. The molecular formula is C25H26F4N6O. The van der Waals surface area contributed by atoms with Gasteiger partial charge in [0.05, 0.1) is 31.2 Å². The summed E-state index contributed by atoms with van der Waals surface area (Å²) >= 11 is 0. The molecule has 1 aromatic heterocycles. The summed E-state index contributed by atoms with van der Waals surface area (Å²) in [6, 6.07) is 10.6. The molecule has 0 spiro atoms. The highest BCUT2D eigenvalue weighted by Crippen LogP contribution is 2.31. The van der Waals surface area contributed by atoms with Gasteiger partial charge < -0.3 is 15.0 Å². The number of hydrazone groups is 1. The van der Waals surface area contributed by atoms with Crippen LogP contribution in [0.5, 0.6) is 0 Å². The third kappa shape index (κ3) is 6.48. The minimum atomic E-state index is -4.41. The molecule has 2 aromatic carbocycles. The maximum Gasteiger partial charge on any atom is 0.416 e. The Hall–Kier alpha value is -3.73. The van der Waals surface area contributed by atoms with Crippen molar-refractivity contribution in [1.82, 2.24) is 9.97 Å². The number of ether oxygens (including phenoxy) is 1. The van der Waals surface area contributed by atoms with E-state index in [2.05, 4.69) is 25.8 Å². The van der Waals surface area contributed by atoms with E-state index in [1.54, 1.807) is 23.2 Å². The SMILES string of the molecule is CCCc1cc(Nc2cccc(C(F)(F)F)c2)ccc1/C=N/Nc1ncc(F)c(N2CCOCC2)n1. The van der Waals surface area contributed by atoms with Crippen LogP contribution in [0.1, 0.15) is 30.0 Å². The molecule has 1 aliphatic rings. The summed E-state index contributed by atoms with van der Waals surface area (Å²) < 4.78 is 58.6. The van der Waals surface area contributed by atoms with Gasteiger partial charge in [0, 0.05) is 24.5 Å².